The summed E-state index contributed by atoms with van der Waals surface area (Å²) in [6.45, 7) is 4.63. The van der Waals surface area contributed by atoms with Crippen LogP contribution in [0.5, 0.6) is 0 Å². The summed E-state index contributed by atoms with van der Waals surface area (Å²) in [5, 5.41) is 36.7. The van der Waals surface area contributed by atoms with Gasteiger partial charge in [-0.15, -0.1) is 0 Å². The van der Waals surface area contributed by atoms with Crippen LogP contribution in [0.2, 0.25) is 0 Å². The molecule has 1 heterocycles. The van der Waals surface area contributed by atoms with Crippen molar-refractivity contribution in [2.24, 2.45) is 7.05 Å². The van der Waals surface area contributed by atoms with Gasteiger partial charge in [-0.05, 0) is 6.92 Å². The maximum Gasteiger partial charge on any atom is 0.334 e. The van der Waals surface area contributed by atoms with E-state index in [1.54, 1.807) is 7.05 Å². The summed E-state index contributed by atoms with van der Waals surface area (Å²) in [5.41, 5.74) is -1.05. The number of hydrogen-bond donors (Lipinski definition) is 3. The molecule has 0 aromatic carbocycles. The molecule has 1 aromatic rings. The van der Waals surface area contributed by atoms with Crippen LogP contribution in [-0.2, 0) is 7.05 Å². The van der Waals surface area contributed by atoms with E-state index in [4.69, 9.17) is 5.11 Å². The smallest absolute Gasteiger partial charge is 0.334 e. The molecular formula is C11H20N4O4. The Balaban J connectivity index is 3.10. The van der Waals surface area contributed by atoms with Gasteiger partial charge in [0.15, 0.2) is 0 Å². The molecule has 1 rings (SSSR count). The van der Waals surface area contributed by atoms with Crippen molar-refractivity contribution in [3.05, 3.63) is 15.8 Å². The molecule has 0 aliphatic rings. The number of aromatic nitrogens is 2. The van der Waals surface area contributed by atoms with Crippen LogP contribution < -0.4 is 5.32 Å². The fraction of sp³-hybridized carbons (Fsp3) is 0.727. The first kappa shape index (κ1) is 15.4. The maximum absolute atomic E-state index is 11.2. The van der Waals surface area contributed by atoms with Gasteiger partial charge in [-0.1, -0.05) is 13.8 Å². The Morgan fingerprint density at radius 3 is 2.58 bits per heavy atom. The molecule has 0 spiro atoms. The SMILES string of the molecule is CC(C)c1nn(C)c(NCC(C)(O)CO)c1[N+](=O)[O-]. The zero-order valence-corrected chi connectivity index (χ0v) is 11.5. The van der Waals surface area contributed by atoms with Crippen LogP contribution in [0, 0.1) is 10.1 Å². The van der Waals surface area contributed by atoms with Crippen LogP contribution in [0.25, 0.3) is 0 Å². The van der Waals surface area contributed by atoms with Crippen molar-refractivity contribution >= 4 is 11.5 Å². The molecule has 0 bridgehead atoms. The fourth-order valence-corrected chi connectivity index (χ4v) is 1.63. The largest absolute Gasteiger partial charge is 0.393 e. The average molecular weight is 272 g/mol. The number of aliphatic hydroxyl groups is 2. The molecule has 19 heavy (non-hydrogen) atoms. The molecular weight excluding hydrogens is 252 g/mol. The molecule has 0 fully saturated rings. The molecule has 1 atom stereocenters. The fourth-order valence-electron chi connectivity index (χ4n) is 1.63. The second-order valence-electron chi connectivity index (χ2n) is 5.13. The minimum atomic E-state index is -1.35. The van der Waals surface area contributed by atoms with E-state index in [2.05, 4.69) is 10.4 Å². The van der Waals surface area contributed by atoms with Crippen molar-refractivity contribution in [1.29, 1.82) is 0 Å². The lowest BCUT2D eigenvalue weighted by Gasteiger charge is -2.20. The Kier molecular flexibility index (Phi) is 4.48. The van der Waals surface area contributed by atoms with Gasteiger partial charge in [0.2, 0.25) is 5.82 Å². The average Bonchev–Trinajstić information content (AvgIpc) is 2.64. The second-order valence-corrected chi connectivity index (χ2v) is 5.13. The molecule has 0 aliphatic carbocycles. The molecule has 0 aliphatic heterocycles. The highest BCUT2D eigenvalue weighted by molar-refractivity contribution is 5.60. The number of aryl methyl sites for hydroxylation is 1. The molecule has 1 unspecified atom stereocenters. The Labute approximate surface area is 111 Å². The highest BCUT2D eigenvalue weighted by Crippen LogP contribution is 2.32. The highest BCUT2D eigenvalue weighted by atomic mass is 16.6. The van der Waals surface area contributed by atoms with Crippen molar-refractivity contribution < 1.29 is 15.1 Å². The molecule has 0 saturated carbocycles. The molecule has 8 heteroatoms. The van der Waals surface area contributed by atoms with Crippen molar-refractivity contribution in [3.63, 3.8) is 0 Å². The van der Waals surface area contributed by atoms with Gasteiger partial charge in [-0.25, -0.2) is 4.68 Å². The van der Waals surface area contributed by atoms with E-state index in [0.717, 1.165) is 0 Å². The lowest BCUT2D eigenvalue weighted by atomic mass is 10.1. The Morgan fingerprint density at radius 2 is 2.16 bits per heavy atom. The van der Waals surface area contributed by atoms with E-state index in [1.165, 1.54) is 11.6 Å². The summed E-state index contributed by atoms with van der Waals surface area (Å²) in [5.74, 6) is 0.142. The number of nitro groups is 1. The Hall–Kier alpha value is -1.67. The lowest BCUT2D eigenvalue weighted by molar-refractivity contribution is -0.384. The van der Waals surface area contributed by atoms with Gasteiger partial charge in [0.05, 0.1) is 11.5 Å². The topological polar surface area (TPSA) is 113 Å². The minimum absolute atomic E-state index is 0.0125. The van der Waals surface area contributed by atoms with Gasteiger partial charge in [0.1, 0.15) is 11.3 Å². The van der Waals surface area contributed by atoms with Crippen molar-refractivity contribution in [2.45, 2.75) is 32.3 Å². The van der Waals surface area contributed by atoms with Gasteiger partial charge >= 0.3 is 5.69 Å². The standard InChI is InChI=1S/C11H20N4O4/c1-7(2)8-9(15(18)19)10(14(4)13-8)12-5-11(3,17)6-16/h7,12,16-17H,5-6H2,1-4H3. The molecule has 0 amide bonds. The van der Waals surface area contributed by atoms with Crippen LogP contribution in [-0.4, -0.2) is 43.7 Å². The number of nitrogens with one attached hydrogen (secondary N) is 1. The first-order valence-corrected chi connectivity index (χ1v) is 5.98. The zero-order valence-electron chi connectivity index (χ0n) is 11.5. The molecule has 3 N–H and O–H groups in total. The highest BCUT2D eigenvalue weighted by Gasteiger charge is 2.30. The van der Waals surface area contributed by atoms with Crippen molar-refractivity contribution in [3.8, 4) is 0 Å². The third-order valence-corrected chi connectivity index (χ3v) is 2.76. The Bertz CT molecular complexity index is 468. The van der Waals surface area contributed by atoms with E-state index in [-0.39, 0.29) is 24.0 Å². The van der Waals surface area contributed by atoms with E-state index >= 15 is 0 Å². The molecule has 0 radical (unpaired) electrons. The molecule has 8 nitrogen and oxygen atoms in total. The third-order valence-electron chi connectivity index (χ3n) is 2.76. The van der Waals surface area contributed by atoms with E-state index < -0.39 is 17.1 Å². The summed E-state index contributed by atoms with van der Waals surface area (Å²) in [6.07, 6.45) is 0. The van der Waals surface area contributed by atoms with Gasteiger partial charge in [-0.3, -0.25) is 10.1 Å². The summed E-state index contributed by atoms with van der Waals surface area (Å²) < 4.78 is 1.38. The van der Waals surface area contributed by atoms with Gasteiger partial charge in [0.25, 0.3) is 0 Å². The van der Waals surface area contributed by atoms with Crippen LogP contribution >= 0.6 is 0 Å². The lowest BCUT2D eigenvalue weighted by Crippen LogP contribution is -2.37. The van der Waals surface area contributed by atoms with E-state index in [1.807, 2.05) is 13.8 Å². The maximum atomic E-state index is 11.2. The summed E-state index contributed by atoms with van der Waals surface area (Å²) in [6, 6.07) is 0. The summed E-state index contributed by atoms with van der Waals surface area (Å²) in [7, 11) is 1.59. The zero-order chi connectivity index (χ0) is 14.8. The number of hydrogen-bond acceptors (Lipinski definition) is 6. The van der Waals surface area contributed by atoms with Crippen LogP contribution in [0.1, 0.15) is 32.4 Å². The molecule has 0 saturated heterocycles. The monoisotopic (exact) mass is 272 g/mol. The second kappa shape index (κ2) is 5.54. The first-order valence-electron chi connectivity index (χ1n) is 5.98. The summed E-state index contributed by atoms with van der Waals surface area (Å²) in [4.78, 5) is 10.7. The Morgan fingerprint density at radius 1 is 1.58 bits per heavy atom. The van der Waals surface area contributed by atoms with Crippen LogP contribution in [0.3, 0.4) is 0 Å². The van der Waals surface area contributed by atoms with Crippen LogP contribution in [0.4, 0.5) is 11.5 Å². The molecule has 1 aromatic heterocycles. The third kappa shape index (κ3) is 3.42. The number of anilines is 1. The predicted octanol–water partition coefficient (Wildman–Crippen LogP) is 0.607. The molecule has 108 valence electrons. The minimum Gasteiger partial charge on any atom is -0.393 e. The van der Waals surface area contributed by atoms with Crippen molar-refractivity contribution in [1.82, 2.24) is 9.78 Å². The quantitative estimate of drug-likeness (QED) is 0.516. The van der Waals surface area contributed by atoms with E-state index in [9.17, 15) is 15.2 Å². The van der Waals surface area contributed by atoms with Gasteiger partial charge in [0, 0.05) is 19.5 Å². The summed E-state index contributed by atoms with van der Waals surface area (Å²) >= 11 is 0. The van der Waals surface area contributed by atoms with Gasteiger partial charge in [-0.2, -0.15) is 5.10 Å². The van der Waals surface area contributed by atoms with E-state index in [0.29, 0.717) is 5.69 Å². The number of aliphatic hydroxyl groups excluding tert-OH is 1. The number of nitrogens with zero attached hydrogens (tertiary/aromatic N) is 3. The first-order chi connectivity index (χ1) is 8.69. The van der Waals surface area contributed by atoms with Gasteiger partial charge < -0.3 is 15.5 Å². The normalized spacial score (nSPS) is 14.5. The van der Waals surface area contributed by atoms with Crippen LogP contribution in [0.15, 0.2) is 0 Å². The number of rotatable bonds is 6. The predicted molar refractivity (Wildman–Crippen MR) is 70.2 cm³/mol. The van der Waals surface area contributed by atoms with Crippen molar-refractivity contribution in [2.75, 3.05) is 18.5 Å².